The van der Waals surface area contributed by atoms with Crippen LogP contribution in [0.15, 0.2) is 0 Å². The molecule has 0 spiro atoms. The number of nitrogens with zero attached hydrogens (tertiary/aromatic N) is 2. The van der Waals surface area contributed by atoms with Gasteiger partial charge < -0.3 is 14.4 Å². The van der Waals surface area contributed by atoms with Gasteiger partial charge in [-0.05, 0) is 20.9 Å². The molecule has 100 valence electrons. The number of amides is 1. The molecule has 0 aliphatic carbocycles. The number of ether oxygens (including phenoxy) is 2. The Balaban J connectivity index is 2.40. The number of morpholine rings is 1. The zero-order chi connectivity index (χ0) is 12.8. The Hall–Kier alpha value is -0.650. The van der Waals surface area contributed by atoms with Crippen LogP contribution in [0.5, 0.6) is 0 Å². The van der Waals surface area contributed by atoms with E-state index in [0.29, 0.717) is 38.9 Å². The fraction of sp³-hybridized carbons (Fsp3) is 0.917. The standard InChI is InChI=1S/C12H24N2O3/c1-10(2)13(3)8-12(15)14-5-6-17-11(7-14)9-16-4/h10-11H,5-9H2,1-4H3/t11-/m1/s1. The number of hydrogen-bond acceptors (Lipinski definition) is 4. The van der Waals surface area contributed by atoms with Crippen molar-refractivity contribution in [3.05, 3.63) is 0 Å². The number of rotatable bonds is 5. The molecule has 5 nitrogen and oxygen atoms in total. The van der Waals surface area contributed by atoms with Gasteiger partial charge in [0, 0.05) is 26.2 Å². The van der Waals surface area contributed by atoms with Gasteiger partial charge in [0.1, 0.15) is 0 Å². The summed E-state index contributed by atoms with van der Waals surface area (Å²) in [5.74, 6) is 0.172. The minimum Gasteiger partial charge on any atom is -0.382 e. The van der Waals surface area contributed by atoms with Gasteiger partial charge in [-0.2, -0.15) is 0 Å². The predicted molar refractivity (Wildman–Crippen MR) is 66.0 cm³/mol. The smallest absolute Gasteiger partial charge is 0.236 e. The second-order valence-electron chi connectivity index (χ2n) is 4.80. The van der Waals surface area contributed by atoms with E-state index in [1.807, 2.05) is 16.8 Å². The van der Waals surface area contributed by atoms with Gasteiger partial charge in [0.15, 0.2) is 0 Å². The molecule has 0 aromatic carbocycles. The lowest BCUT2D eigenvalue weighted by molar-refractivity contribution is -0.142. The van der Waals surface area contributed by atoms with E-state index in [0.717, 1.165) is 0 Å². The SMILES string of the molecule is COC[C@H]1CN(C(=O)CN(C)C(C)C)CCO1. The molecular formula is C12H24N2O3. The van der Waals surface area contributed by atoms with Crippen molar-refractivity contribution < 1.29 is 14.3 Å². The molecule has 1 saturated heterocycles. The molecule has 0 bridgehead atoms. The first-order chi connectivity index (χ1) is 8.04. The molecule has 0 N–H and O–H groups in total. The van der Waals surface area contributed by atoms with E-state index in [4.69, 9.17) is 9.47 Å². The topological polar surface area (TPSA) is 42.0 Å². The van der Waals surface area contributed by atoms with E-state index in [-0.39, 0.29) is 12.0 Å². The normalized spacial score (nSPS) is 21.3. The minimum absolute atomic E-state index is 0.0158. The van der Waals surface area contributed by atoms with Gasteiger partial charge in [-0.15, -0.1) is 0 Å². The molecule has 17 heavy (non-hydrogen) atoms. The highest BCUT2D eigenvalue weighted by Gasteiger charge is 2.24. The highest BCUT2D eigenvalue weighted by atomic mass is 16.5. The van der Waals surface area contributed by atoms with Gasteiger partial charge in [-0.25, -0.2) is 0 Å². The van der Waals surface area contributed by atoms with Crippen LogP contribution in [0, 0.1) is 0 Å². The lowest BCUT2D eigenvalue weighted by atomic mass is 10.2. The van der Waals surface area contributed by atoms with Gasteiger partial charge in [0.25, 0.3) is 0 Å². The average Bonchev–Trinajstić information content (AvgIpc) is 2.29. The maximum absolute atomic E-state index is 12.1. The first-order valence-corrected chi connectivity index (χ1v) is 6.13. The maximum Gasteiger partial charge on any atom is 0.236 e. The van der Waals surface area contributed by atoms with E-state index in [2.05, 4.69) is 13.8 Å². The summed E-state index contributed by atoms with van der Waals surface area (Å²) in [5.41, 5.74) is 0. The number of hydrogen-bond donors (Lipinski definition) is 0. The first-order valence-electron chi connectivity index (χ1n) is 6.13. The maximum atomic E-state index is 12.1. The molecule has 5 heteroatoms. The summed E-state index contributed by atoms with van der Waals surface area (Å²) in [7, 11) is 3.62. The van der Waals surface area contributed by atoms with Crippen LogP contribution in [0.4, 0.5) is 0 Å². The van der Waals surface area contributed by atoms with Gasteiger partial charge in [-0.3, -0.25) is 9.69 Å². The Labute approximate surface area is 104 Å². The summed E-state index contributed by atoms with van der Waals surface area (Å²) < 4.78 is 10.6. The molecule has 1 aliphatic heterocycles. The molecule has 0 saturated carbocycles. The molecule has 1 rings (SSSR count). The monoisotopic (exact) mass is 244 g/mol. The van der Waals surface area contributed by atoms with Crippen LogP contribution >= 0.6 is 0 Å². The van der Waals surface area contributed by atoms with Crippen molar-refractivity contribution in [1.29, 1.82) is 0 Å². The molecule has 1 fully saturated rings. The number of methoxy groups -OCH3 is 1. The van der Waals surface area contributed by atoms with Crippen molar-refractivity contribution in [3.63, 3.8) is 0 Å². The van der Waals surface area contributed by atoms with Gasteiger partial charge >= 0.3 is 0 Å². The van der Waals surface area contributed by atoms with Gasteiger partial charge in [0.05, 0.1) is 25.9 Å². The van der Waals surface area contributed by atoms with Crippen molar-refractivity contribution >= 4 is 5.91 Å². The van der Waals surface area contributed by atoms with Crippen LogP contribution in [0.1, 0.15) is 13.8 Å². The molecule has 0 aromatic heterocycles. The zero-order valence-electron chi connectivity index (χ0n) is 11.3. The largest absolute Gasteiger partial charge is 0.382 e. The Morgan fingerprint density at radius 1 is 1.59 bits per heavy atom. The predicted octanol–water partition coefficient (Wildman–Crippen LogP) is 0.200. The molecule has 0 aromatic rings. The summed E-state index contributed by atoms with van der Waals surface area (Å²) in [6, 6.07) is 0.384. The lowest BCUT2D eigenvalue weighted by Crippen LogP contribution is -2.50. The van der Waals surface area contributed by atoms with Crippen LogP contribution in [-0.2, 0) is 14.3 Å². The van der Waals surface area contributed by atoms with Crippen LogP contribution in [0.3, 0.4) is 0 Å². The van der Waals surface area contributed by atoms with Crippen molar-refractivity contribution in [1.82, 2.24) is 9.80 Å². The Morgan fingerprint density at radius 3 is 2.88 bits per heavy atom. The number of likely N-dealkylation sites (N-methyl/N-ethyl adjacent to an activating group) is 1. The second kappa shape index (κ2) is 6.93. The van der Waals surface area contributed by atoms with E-state index in [9.17, 15) is 4.79 Å². The molecule has 1 amide bonds. The van der Waals surface area contributed by atoms with Crippen LogP contribution in [-0.4, -0.2) is 74.9 Å². The van der Waals surface area contributed by atoms with Gasteiger partial charge in [0.2, 0.25) is 5.91 Å². The third-order valence-corrected chi connectivity index (χ3v) is 3.11. The third kappa shape index (κ3) is 4.61. The molecule has 0 radical (unpaired) electrons. The Kier molecular flexibility index (Phi) is 5.88. The van der Waals surface area contributed by atoms with Crippen LogP contribution in [0.25, 0.3) is 0 Å². The highest BCUT2D eigenvalue weighted by molar-refractivity contribution is 5.78. The lowest BCUT2D eigenvalue weighted by Gasteiger charge is -2.34. The quantitative estimate of drug-likeness (QED) is 0.693. The summed E-state index contributed by atoms with van der Waals surface area (Å²) in [5, 5.41) is 0. The van der Waals surface area contributed by atoms with E-state index in [1.165, 1.54) is 0 Å². The average molecular weight is 244 g/mol. The molecule has 1 aliphatic rings. The number of carbonyl (C=O) groups is 1. The highest BCUT2D eigenvalue weighted by Crippen LogP contribution is 2.07. The molecular weight excluding hydrogens is 220 g/mol. The van der Waals surface area contributed by atoms with Crippen molar-refractivity contribution in [2.75, 3.05) is 47.0 Å². The Morgan fingerprint density at radius 2 is 2.29 bits per heavy atom. The fourth-order valence-corrected chi connectivity index (χ4v) is 1.73. The second-order valence-corrected chi connectivity index (χ2v) is 4.80. The van der Waals surface area contributed by atoms with Crippen LogP contribution in [0.2, 0.25) is 0 Å². The first kappa shape index (κ1) is 14.4. The van der Waals surface area contributed by atoms with E-state index < -0.39 is 0 Å². The van der Waals surface area contributed by atoms with E-state index in [1.54, 1.807) is 7.11 Å². The third-order valence-electron chi connectivity index (χ3n) is 3.11. The van der Waals surface area contributed by atoms with E-state index >= 15 is 0 Å². The van der Waals surface area contributed by atoms with Gasteiger partial charge in [-0.1, -0.05) is 0 Å². The van der Waals surface area contributed by atoms with Crippen molar-refractivity contribution in [2.24, 2.45) is 0 Å². The molecule has 0 unspecified atom stereocenters. The molecule has 1 heterocycles. The summed E-state index contributed by atoms with van der Waals surface area (Å²) in [4.78, 5) is 16.0. The van der Waals surface area contributed by atoms with Crippen molar-refractivity contribution in [3.8, 4) is 0 Å². The number of carbonyl (C=O) groups excluding carboxylic acids is 1. The zero-order valence-corrected chi connectivity index (χ0v) is 11.3. The molecule has 1 atom stereocenters. The fourth-order valence-electron chi connectivity index (χ4n) is 1.73. The summed E-state index contributed by atoms with van der Waals surface area (Å²) >= 11 is 0. The minimum atomic E-state index is 0.0158. The summed E-state index contributed by atoms with van der Waals surface area (Å²) in [6.45, 7) is 7.11. The summed E-state index contributed by atoms with van der Waals surface area (Å²) in [6.07, 6.45) is 0.0158. The Bertz CT molecular complexity index is 244. The van der Waals surface area contributed by atoms with Crippen LogP contribution < -0.4 is 0 Å². The van der Waals surface area contributed by atoms with Crippen molar-refractivity contribution in [2.45, 2.75) is 26.0 Å².